The highest BCUT2D eigenvalue weighted by Crippen LogP contribution is 2.31. The number of hydrogen-bond acceptors (Lipinski definition) is 3. The monoisotopic (exact) mass is 257 g/mol. The summed E-state index contributed by atoms with van der Waals surface area (Å²) in [7, 11) is 0. The predicted octanol–water partition coefficient (Wildman–Crippen LogP) is 3.37. The Kier molecular flexibility index (Phi) is 4.48. The van der Waals surface area contributed by atoms with Crippen molar-refractivity contribution in [2.24, 2.45) is 5.92 Å². The Morgan fingerprint density at radius 3 is 2.58 bits per heavy atom. The van der Waals surface area contributed by atoms with Crippen molar-refractivity contribution in [3.05, 3.63) is 36.2 Å². The Morgan fingerprint density at radius 2 is 1.89 bits per heavy atom. The van der Waals surface area contributed by atoms with Crippen molar-refractivity contribution in [2.75, 3.05) is 6.54 Å². The SMILES string of the molecule is CCNC(C)C(c1nncc2ccccc12)C(C)C. The standard InChI is InChI=1S/C16H23N3/c1-5-17-12(4)15(11(2)3)16-14-9-7-6-8-13(14)10-18-19-16/h6-12,15,17H,5H2,1-4H3. The van der Waals surface area contributed by atoms with Gasteiger partial charge >= 0.3 is 0 Å². The minimum absolute atomic E-state index is 0.374. The third-order valence-electron chi connectivity index (χ3n) is 3.70. The lowest BCUT2D eigenvalue weighted by atomic mass is 9.84. The van der Waals surface area contributed by atoms with Crippen molar-refractivity contribution in [3.8, 4) is 0 Å². The van der Waals surface area contributed by atoms with Gasteiger partial charge in [-0.3, -0.25) is 0 Å². The Balaban J connectivity index is 2.50. The molecule has 0 aliphatic carbocycles. The summed E-state index contributed by atoms with van der Waals surface area (Å²) >= 11 is 0. The molecule has 1 aromatic carbocycles. The van der Waals surface area contributed by atoms with Gasteiger partial charge in [-0.2, -0.15) is 10.2 Å². The van der Waals surface area contributed by atoms with Gasteiger partial charge in [-0.05, 0) is 19.4 Å². The van der Waals surface area contributed by atoms with E-state index in [0.717, 1.165) is 12.2 Å². The van der Waals surface area contributed by atoms with Crippen molar-refractivity contribution in [3.63, 3.8) is 0 Å². The lowest BCUT2D eigenvalue weighted by molar-refractivity contribution is 0.376. The van der Waals surface area contributed by atoms with Gasteiger partial charge < -0.3 is 5.32 Å². The van der Waals surface area contributed by atoms with Crippen LogP contribution in [0.15, 0.2) is 30.5 Å². The molecule has 0 amide bonds. The molecule has 0 spiro atoms. The summed E-state index contributed by atoms with van der Waals surface area (Å²) in [6, 6.07) is 8.76. The molecule has 3 nitrogen and oxygen atoms in total. The molecule has 102 valence electrons. The summed E-state index contributed by atoms with van der Waals surface area (Å²) in [4.78, 5) is 0. The average Bonchev–Trinajstić information content (AvgIpc) is 2.39. The third kappa shape index (κ3) is 2.92. The van der Waals surface area contributed by atoms with Crippen LogP contribution in [-0.4, -0.2) is 22.8 Å². The van der Waals surface area contributed by atoms with E-state index in [1.165, 1.54) is 10.8 Å². The summed E-state index contributed by atoms with van der Waals surface area (Å²) in [5.41, 5.74) is 1.11. The van der Waals surface area contributed by atoms with E-state index in [1.54, 1.807) is 0 Å². The number of rotatable bonds is 5. The molecule has 0 radical (unpaired) electrons. The van der Waals surface area contributed by atoms with E-state index < -0.39 is 0 Å². The molecule has 3 heteroatoms. The number of likely N-dealkylation sites (N-methyl/N-ethyl adjacent to an activating group) is 1. The molecule has 2 atom stereocenters. The molecule has 2 rings (SSSR count). The van der Waals surface area contributed by atoms with Crippen molar-refractivity contribution < 1.29 is 0 Å². The minimum atomic E-state index is 0.374. The summed E-state index contributed by atoms with van der Waals surface area (Å²) in [6.07, 6.45) is 1.84. The van der Waals surface area contributed by atoms with Crippen LogP contribution >= 0.6 is 0 Å². The zero-order valence-corrected chi connectivity index (χ0v) is 12.2. The molecule has 1 heterocycles. The van der Waals surface area contributed by atoms with E-state index in [1.807, 2.05) is 12.3 Å². The molecule has 0 saturated heterocycles. The molecular weight excluding hydrogens is 234 g/mol. The normalized spacial score (nSPS) is 14.8. The summed E-state index contributed by atoms with van der Waals surface area (Å²) in [5, 5.41) is 14.5. The zero-order valence-electron chi connectivity index (χ0n) is 12.2. The second kappa shape index (κ2) is 6.11. The maximum absolute atomic E-state index is 4.44. The van der Waals surface area contributed by atoms with Gasteiger partial charge in [0.05, 0.1) is 11.9 Å². The first-order valence-electron chi connectivity index (χ1n) is 7.08. The maximum atomic E-state index is 4.44. The van der Waals surface area contributed by atoms with E-state index in [-0.39, 0.29) is 0 Å². The molecule has 0 fully saturated rings. The molecule has 0 saturated carbocycles. The Bertz CT molecular complexity index is 531. The van der Waals surface area contributed by atoms with Crippen LogP contribution in [0.25, 0.3) is 10.8 Å². The molecular formula is C16H23N3. The lowest BCUT2D eigenvalue weighted by Crippen LogP contribution is -2.35. The zero-order chi connectivity index (χ0) is 13.8. The predicted molar refractivity (Wildman–Crippen MR) is 80.3 cm³/mol. The fourth-order valence-corrected chi connectivity index (χ4v) is 2.88. The van der Waals surface area contributed by atoms with Crippen molar-refractivity contribution in [2.45, 2.75) is 39.7 Å². The van der Waals surface area contributed by atoms with Crippen molar-refractivity contribution in [1.29, 1.82) is 0 Å². The lowest BCUT2D eigenvalue weighted by Gasteiger charge is -2.28. The highest BCUT2D eigenvalue weighted by Gasteiger charge is 2.25. The second-order valence-electron chi connectivity index (χ2n) is 5.43. The largest absolute Gasteiger partial charge is 0.314 e. The topological polar surface area (TPSA) is 37.8 Å². The van der Waals surface area contributed by atoms with Crippen LogP contribution in [0.2, 0.25) is 0 Å². The summed E-state index contributed by atoms with van der Waals surface area (Å²) in [6.45, 7) is 9.85. The Labute approximate surface area is 115 Å². The molecule has 0 aliphatic heterocycles. The number of fused-ring (bicyclic) bond motifs is 1. The van der Waals surface area contributed by atoms with Crippen LogP contribution in [0.4, 0.5) is 0 Å². The first-order chi connectivity index (χ1) is 9.15. The van der Waals surface area contributed by atoms with Crippen LogP contribution in [0, 0.1) is 5.92 Å². The fourth-order valence-electron chi connectivity index (χ4n) is 2.88. The smallest absolute Gasteiger partial charge is 0.0758 e. The maximum Gasteiger partial charge on any atom is 0.0758 e. The number of aromatic nitrogens is 2. The van der Waals surface area contributed by atoms with Gasteiger partial charge in [-0.15, -0.1) is 0 Å². The summed E-state index contributed by atoms with van der Waals surface area (Å²) in [5.74, 6) is 0.896. The van der Waals surface area contributed by atoms with E-state index in [0.29, 0.717) is 17.9 Å². The van der Waals surface area contributed by atoms with Gasteiger partial charge in [0, 0.05) is 22.7 Å². The van der Waals surface area contributed by atoms with E-state index in [9.17, 15) is 0 Å². The van der Waals surface area contributed by atoms with E-state index in [4.69, 9.17) is 0 Å². The number of nitrogens with one attached hydrogen (secondary N) is 1. The van der Waals surface area contributed by atoms with Crippen LogP contribution in [0.1, 0.15) is 39.3 Å². The molecule has 0 bridgehead atoms. The second-order valence-corrected chi connectivity index (χ2v) is 5.43. The van der Waals surface area contributed by atoms with Gasteiger partial charge in [0.15, 0.2) is 0 Å². The number of hydrogen-bond donors (Lipinski definition) is 1. The van der Waals surface area contributed by atoms with Crippen LogP contribution in [0.5, 0.6) is 0 Å². The quantitative estimate of drug-likeness (QED) is 0.892. The van der Waals surface area contributed by atoms with Gasteiger partial charge in [0.1, 0.15) is 0 Å². The van der Waals surface area contributed by atoms with Gasteiger partial charge in [-0.1, -0.05) is 45.0 Å². The fraction of sp³-hybridized carbons (Fsp3) is 0.500. The Hall–Kier alpha value is -1.48. The third-order valence-corrected chi connectivity index (χ3v) is 3.70. The number of nitrogens with zero attached hydrogens (tertiary/aromatic N) is 2. The average molecular weight is 257 g/mol. The van der Waals surface area contributed by atoms with E-state index >= 15 is 0 Å². The van der Waals surface area contributed by atoms with Crippen LogP contribution in [0.3, 0.4) is 0 Å². The van der Waals surface area contributed by atoms with Crippen molar-refractivity contribution >= 4 is 10.8 Å². The number of benzene rings is 1. The Morgan fingerprint density at radius 1 is 1.16 bits per heavy atom. The summed E-state index contributed by atoms with van der Waals surface area (Å²) < 4.78 is 0. The first kappa shape index (κ1) is 13.9. The molecule has 0 aliphatic rings. The van der Waals surface area contributed by atoms with Gasteiger partial charge in [-0.25, -0.2) is 0 Å². The molecule has 2 unspecified atom stereocenters. The van der Waals surface area contributed by atoms with Crippen molar-refractivity contribution in [1.82, 2.24) is 15.5 Å². The molecule has 2 aromatic rings. The van der Waals surface area contributed by atoms with E-state index in [2.05, 4.69) is 61.4 Å². The molecule has 1 aromatic heterocycles. The molecule has 1 N–H and O–H groups in total. The van der Waals surface area contributed by atoms with Gasteiger partial charge in [0.2, 0.25) is 0 Å². The highest BCUT2D eigenvalue weighted by atomic mass is 15.1. The van der Waals surface area contributed by atoms with Gasteiger partial charge in [0.25, 0.3) is 0 Å². The molecule has 19 heavy (non-hydrogen) atoms. The minimum Gasteiger partial charge on any atom is -0.314 e. The van der Waals surface area contributed by atoms with Crippen LogP contribution in [-0.2, 0) is 0 Å². The first-order valence-corrected chi connectivity index (χ1v) is 7.08. The van der Waals surface area contributed by atoms with Crippen LogP contribution < -0.4 is 5.32 Å². The highest BCUT2D eigenvalue weighted by molar-refractivity contribution is 5.84.